The first-order valence-electron chi connectivity index (χ1n) is 5.97. The Morgan fingerprint density at radius 1 is 1.42 bits per heavy atom. The van der Waals surface area contributed by atoms with Crippen molar-refractivity contribution in [1.82, 2.24) is 5.32 Å². The molecule has 0 unspecified atom stereocenters. The molecule has 102 valence electrons. The summed E-state index contributed by atoms with van der Waals surface area (Å²) >= 11 is 0. The van der Waals surface area contributed by atoms with Crippen molar-refractivity contribution in [1.29, 1.82) is 0 Å². The van der Waals surface area contributed by atoms with Crippen LogP contribution < -0.4 is 10.1 Å². The molecule has 0 spiro atoms. The van der Waals surface area contributed by atoms with Crippen LogP contribution in [0.25, 0.3) is 6.08 Å². The minimum absolute atomic E-state index is 0.457. The predicted molar refractivity (Wildman–Crippen MR) is 71.9 cm³/mol. The number of hydrogen-bond donors (Lipinski definition) is 2. The van der Waals surface area contributed by atoms with Gasteiger partial charge in [0.15, 0.2) is 0 Å². The van der Waals surface area contributed by atoms with Gasteiger partial charge in [-0.3, -0.25) is 9.59 Å². The summed E-state index contributed by atoms with van der Waals surface area (Å²) < 4.78 is 5.41. The van der Waals surface area contributed by atoms with E-state index in [1.807, 2.05) is 25.1 Å². The van der Waals surface area contributed by atoms with Gasteiger partial charge in [0, 0.05) is 11.6 Å². The summed E-state index contributed by atoms with van der Waals surface area (Å²) in [5.41, 5.74) is 0.766. The number of hydrogen-bond acceptors (Lipinski definition) is 3. The van der Waals surface area contributed by atoms with Crippen LogP contribution >= 0.6 is 0 Å². The Morgan fingerprint density at radius 3 is 2.74 bits per heavy atom. The van der Waals surface area contributed by atoms with Crippen molar-refractivity contribution in [2.75, 3.05) is 6.61 Å². The molecule has 1 aromatic rings. The number of para-hydroxylation sites is 1. The summed E-state index contributed by atoms with van der Waals surface area (Å²) in [6.45, 7) is 3.82. The molecule has 2 N–H and O–H groups in total. The molecule has 5 heteroatoms. The highest BCUT2D eigenvalue weighted by Gasteiger charge is 2.11. The van der Waals surface area contributed by atoms with Crippen molar-refractivity contribution >= 4 is 18.0 Å². The maximum absolute atomic E-state index is 11.5. The molecule has 0 bridgehead atoms. The van der Waals surface area contributed by atoms with E-state index < -0.39 is 17.9 Å². The molecule has 0 aliphatic rings. The van der Waals surface area contributed by atoms with E-state index in [2.05, 4.69) is 5.32 Å². The number of nitrogens with one attached hydrogen (secondary N) is 1. The highest BCUT2D eigenvalue weighted by atomic mass is 16.5. The molecule has 0 fully saturated rings. The van der Waals surface area contributed by atoms with Gasteiger partial charge in [0.2, 0.25) is 5.91 Å². The smallest absolute Gasteiger partial charge is 0.325 e. The minimum atomic E-state index is -1.07. The molecule has 0 aromatic heterocycles. The average Bonchev–Trinajstić information content (AvgIpc) is 2.38. The van der Waals surface area contributed by atoms with Crippen LogP contribution in [0.3, 0.4) is 0 Å². The zero-order chi connectivity index (χ0) is 14.3. The lowest BCUT2D eigenvalue weighted by atomic mass is 10.2. The van der Waals surface area contributed by atoms with Gasteiger partial charge in [0.1, 0.15) is 11.8 Å². The molecule has 19 heavy (non-hydrogen) atoms. The first-order valence-corrected chi connectivity index (χ1v) is 5.97. The Hall–Kier alpha value is -2.30. The quantitative estimate of drug-likeness (QED) is 0.766. The monoisotopic (exact) mass is 263 g/mol. The van der Waals surface area contributed by atoms with Gasteiger partial charge in [-0.25, -0.2) is 0 Å². The van der Waals surface area contributed by atoms with Crippen LogP contribution in [0.4, 0.5) is 0 Å². The third-order valence-electron chi connectivity index (χ3n) is 2.36. The van der Waals surface area contributed by atoms with E-state index in [0.717, 1.165) is 5.56 Å². The third kappa shape index (κ3) is 4.83. The van der Waals surface area contributed by atoms with Crippen molar-refractivity contribution in [3.63, 3.8) is 0 Å². The summed E-state index contributed by atoms with van der Waals surface area (Å²) in [5.74, 6) is -0.849. The fourth-order valence-corrected chi connectivity index (χ4v) is 1.39. The van der Waals surface area contributed by atoms with Crippen LogP contribution in [0.2, 0.25) is 0 Å². The Balaban J connectivity index is 2.71. The number of aliphatic carboxylic acids is 1. The van der Waals surface area contributed by atoms with Crippen molar-refractivity contribution < 1.29 is 19.4 Å². The summed E-state index contributed by atoms with van der Waals surface area (Å²) in [7, 11) is 0. The summed E-state index contributed by atoms with van der Waals surface area (Å²) in [6.07, 6.45) is 2.88. The van der Waals surface area contributed by atoms with Crippen LogP contribution in [0.15, 0.2) is 30.3 Å². The molecule has 1 atom stereocenters. The number of carboxylic acid groups (broad SMARTS) is 1. The molecular formula is C14H17NO4. The third-order valence-corrected chi connectivity index (χ3v) is 2.36. The lowest BCUT2D eigenvalue weighted by Gasteiger charge is -2.07. The number of rotatable bonds is 6. The molecule has 1 amide bonds. The molecule has 0 saturated carbocycles. The van der Waals surface area contributed by atoms with E-state index in [4.69, 9.17) is 9.84 Å². The maximum Gasteiger partial charge on any atom is 0.325 e. The Kier molecular flexibility index (Phi) is 5.60. The summed E-state index contributed by atoms with van der Waals surface area (Å²) in [5, 5.41) is 11.0. The highest BCUT2D eigenvalue weighted by molar-refractivity contribution is 5.94. The lowest BCUT2D eigenvalue weighted by Crippen LogP contribution is -2.37. The van der Waals surface area contributed by atoms with E-state index in [9.17, 15) is 9.59 Å². The molecule has 0 saturated heterocycles. The zero-order valence-electron chi connectivity index (χ0n) is 10.9. The zero-order valence-corrected chi connectivity index (χ0v) is 10.9. The Bertz CT molecular complexity index is 482. The van der Waals surface area contributed by atoms with Crippen molar-refractivity contribution in [2.24, 2.45) is 0 Å². The molecule has 0 heterocycles. The molecule has 0 radical (unpaired) electrons. The second kappa shape index (κ2) is 7.20. The first kappa shape index (κ1) is 14.8. The van der Waals surface area contributed by atoms with Crippen molar-refractivity contribution in [2.45, 2.75) is 19.9 Å². The lowest BCUT2D eigenvalue weighted by molar-refractivity contribution is -0.140. The Labute approximate surface area is 111 Å². The number of benzene rings is 1. The van der Waals surface area contributed by atoms with Gasteiger partial charge in [-0.2, -0.15) is 0 Å². The molecule has 0 aliphatic carbocycles. The minimum Gasteiger partial charge on any atom is -0.493 e. The van der Waals surface area contributed by atoms with Gasteiger partial charge >= 0.3 is 5.97 Å². The van der Waals surface area contributed by atoms with E-state index in [1.165, 1.54) is 13.0 Å². The van der Waals surface area contributed by atoms with E-state index in [-0.39, 0.29) is 0 Å². The summed E-state index contributed by atoms with van der Waals surface area (Å²) in [4.78, 5) is 22.1. The van der Waals surface area contributed by atoms with Crippen LogP contribution in [0.1, 0.15) is 19.4 Å². The first-order chi connectivity index (χ1) is 9.04. The number of carbonyl (C=O) groups is 2. The Morgan fingerprint density at radius 2 is 2.11 bits per heavy atom. The van der Waals surface area contributed by atoms with Gasteiger partial charge in [-0.1, -0.05) is 18.2 Å². The van der Waals surface area contributed by atoms with E-state index in [0.29, 0.717) is 12.4 Å². The van der Waals surface area contributed by atoms with Crippen LogP contribution in [-0.4, -0.2) is 29.6 Å². The molecular weight excluding hydrogens is 246 g/mol. The predicted octanol–water partition coefficient (Wildman–Crippen LogP) is 1.69. The second-order valence-corrected chi connectivity index (χ2v) is 3.87. The summed E-state index contributed by atoms with van der Waals surface area (Å²) in [6, 6.07) is 6.38. The van der Waals surface area contributed by atoms with Crippen LogP contribution in [-0.2, 0) is 9.59 Å². The van der Waals surface area contributed by atoms with Crippen LogP contribution in [0, 0.1) is 0 Å². The number of amides is 1. The van der Waals surface area contributed by atoms with E-state index >= 15 is 0 Å². The largest absolute Gasteiger partial charge is 0.493 e. The maximum atomic E-state index is 11.5. The number of carbonyl (C=O) groups excluding carboxylic acids is 1. The van der Waals surface area contributed by atoms with Gasteiger partial charge < -0.3 is 15.2 Å². The standard InChI is InChI=1S/C14H17NO4/c1-3-19-12-7-5-4-6-11(12)8-9-13(16)15-10(2)14(17)18/h4-10H,3H2,1-2H3,(H,15,16)(H,17,18)/b9-8+/t10-/m1/s1. The van der Waals surface area contributed by atoms with Crippen molar-refractivity contribution in [3.05, 3.63) is 35.9 Å². The fourth-order valence-electron chi connectivity index (χ4n) is 1.39. The molecule has 1 rings (SSSR count). The number of carboxylic acids is 1. The van der Waals surface area contributed by atoms with Gasteiger partial charge in [-0.15, -0.1) is 0 Å². The fraction of sp³-hybridized carbons (Fsp3) is 0.286. The molecule has 1 aromatic carbocycles. The highest BCUT2D eigenvalue weighted by Crippen LogP contribution is 2.19. The van der Waals surface area contributed by atoms with Crippen molar-refractivity contribution in [3.8, 4) is 5.75 Å². The van der Waals surface area contributed by atoms with Gasteiger partial charge in [-0.05, 0) is 26.0 Å². The van der Waals surface area contributed by atoms with Gasteiger partial charge in [0.05, 0.1) is 6.61 Å². The van der Waals surface area contributed by atoms with E-state index in [1.54, 1.807) is 12.1 Å². The molecule has 0 aliphatic heterocycles. The van der Waals surface area contributed by atoms with Gasteiger partial charge in [0.25, 0.3) is 0 Å². The molecule has 5 nitrogen and oxygen atoms in total. The SMILES string of the molecule is CCOc1ccccc1/C=C/C(=O)N[C@H](C)C(=O)O. The average molecular weight is 263 g/mol. The topological polar surface area (TPSA) is 75.6 Å². The normalized spacial score (nSPS) is 12.1. The van der Waals surface area contributed by atoms with Crippen LogP contribution in [0.5, 0.6) is 5.75 Å². The second-order valence-electron chi connectivity index (χ2n) is 3.87. The number of ether oxygens (including phenoxy) is 1.